The summed E-state index contributed by atoms with van der Waals surface area (Å²) in [6, 6.07) is 18.2. The van der Waals surface area contributed by atoms with Crippen LogP contribution in [-0.4, -0.2) is 72.3 Å². The highest BCUT2D eigenvalue weighted by molar-refractivity contribution is 5.94. The molecular formula is C25H32N4O2. The van der Waals surface area contributed by atoms with Crippen LogP contribution in [0.15, 0.2) is 54.6 Å². The fourth-order valence-electron chi connectivity index (χ4n) is 4.34. The fraction of sp³-hybridized carbons (Fsp3) is 0.440. The molecular weight excluding hydrogens is 388 g/mol. The van der Waals surface area contributed by atoms with Crippen molar-refractivity contribution in [3.63, 3.8) is 0 Å². The summed E-state index contributed by atoms with van der Waals surface area (Å²) >= 11 is 0. The predicted octanol–water partition coefficient (Wildman–Crippen LogP) is 2.36. The molecule has 6 nitrogen and oxygen atoms in total. The first-order valence-electron chi connectivity index (χ1n) is 11.3. The Balaban J connectivity index is 1.18. The molecule has 31 heavy (non-hydrogen) atoms. The number of carbonyl (C=O) groups is 2. The van der Waals surface area contributed by atoms with Gasteiger partial charge in [-0.25, -0.2) is 0 Å². The monoisotopic (exact) mass is 420 g/mol. The van der Waals surface area contributed by atoms with E-state index in [-0.39, 0.29) is 11.8 Å². The van der Waals surface area contributed by atoms with E-state index in [1.807, 2.05) is 29.2 Å². The number of benzene rings is 2. The summed E-state index contributed by atoms with van der Waals surface area (Å²) < 4.78 is 0. The van der Waals surface area contributed by atoms with E-state index >= 15 is 0 Å². The summed E-state index contributed by atoms with van der Waals surface area (Å²) in [5.74, 6) is 0.163. The van der Waals surface area contributed by atoms with Crippen molar-refractivity contribution in [1.29, 1.82) is 0 Å². The molecule has 0 spiro atoms. The number of piperazine rings is 1. The van der Waals surface area contributed by atoms with E-state index in [1.165, 1.54) is 5.56 Å². The third kappa shape index (κ3) is 6.15. The lowest BCUT2D eigenvalue weighted by Gasteiger charge is -2.34. The second-order valence-electron chi connectivity index (χ2n) is 8.48. The molecule has 2 aliphatic rings. The third-order valence-electron chi connectivity index (χ3n) is 6.16. The Morgan fingerprint density at radius 3 is 2.32 bits per heavy atom. The molecule has 0 saturated carbocycles. The lowest BCUT2D eigenvalue weighted by molar-refractivity contribution is -0.128. The zero-order chi connectivity index (χ0) is 21.5. The first-order valence-corrected chi connectivity index (χ1v) is 11.3. The minimum atomic E-state index is -0.0442. The zero-order valence-corrected chi connectivity index (χ0v) is 18.1. The van der Waals surface area contributed by atoms with Crippen LogP contribution in [0.25, 0.3) is 0 Å². The molecule has 2 aromatic rings. The van der Waals surface area contributed by atoms with Gasteiger partial charge in [0.25, 0.3) is 5.91 Å². The van der Waals surface area contributed by atoms with E-state index in [4.69, 9.17) is 0 Å². The fourth-order valence-corrected chi connectivity index (χ4v) is 4.34. The van der Waals surface area contributed by atoms with Crippen molar-refractivity contribution in [2.45, 2.75) is 25.9 Å². The van der Waals surface area contributed by atoms with Crippen LogP contribution in [0.3, 0.4) is 0 Å². The van der Waals surface area contributed by atoms with Crippen molar-refractivity contribution in [1.82, 2.24) is 20.0 Å². The molecule has 2 aromatic carbocycles. The van der Waals surface area contributed by atoms with E-state index in [1.54, 1.807) is 0 Å². The second kappa shape index (κ2) is 10.6. The Morgan fingerprint density at radius 2 is 1.58 bits per heavy atom. The Bertz CT molecular complexity index is 878. The van der Waals surface area contributed by atoms with Gasteiger partial charge in [-0.05, 0) is 29.7 Å². The first-order chi connectivity index (χ1) is 15.2. The van der Waals surface area contributed by atoms with Gasteiger partial charge in [-0.1, -0.05) is 42.5 Å². The van der Waals surface area contributed by atoms with Gasteiger partial charge in [0.1, 0.15) is 0 Å². The van der Waals surface area contributed by atoms with E-state index in [2.05, 4.69) is 45.4 Å². The van der Waals surface area contributed by atoms with Crippen LogP contribution in [0.1, 0.15) is 34.3 Å². The highest BCUT2D eigenvalue weighted by Gasteiger charge is 2.20. The van der Waals surface area contributed by atoms with Crippen LogP contribution < -0.4 is 5.32 Å². The van der Waals surface area contributed by atoms with E-state index in [0.717, 1.165) is 57.8 Å². The summed E-state index contributed by atoms with van der Waals surface area (Å²) in [4.78, 5) is 31.2. The molecule has 2 heterocycles. The average Bonchev–Trinajstić information content (AvgIpc) is 3.20. The third-order valence-corrected chi connectivity index (χ3v) is 6.16. The first kappa shape index (κ1) is 21.5. The van der Waals surface area contributed by atoms with Gasteiger partial charge < -0.3 is 10.2 Å². The van der Waals surface area contributed by atoms with Crippen LogP contribution in [0.2, 0.25) is 0 Å². The van der Waals surface area contributed by atoms with Crippen molar-refractivity contribution in [2.24, 2.45) is 0 Å². The van der Waals surface area contributed by atoms with E-state index in [9.17, 15) is 9.59 Å². The van der Waals surface area contributed by atoms with Gasteiger partial charge in [-0.15, -0.1) is 0 Å². The standard InChI is InChI=1S/C25H32N4O2/c30-24-10-5-12-29(24)20-22-8-4-9-23(18-22)25(31)26-11-13-27-14-16-28(17-15-27)19-21-6-2-1-3-7-21/h1-4,6-9,18H,5,10-17,19-20H2,(H,26,31). The van der Waals surface area contributed by atoms with Crippen molar-refractivity contribution in [3.8, 4) is 0 Å². The van der Waals surface area contributed by atoms with Crippen molar-refractivity contribution in [3.05, 3.63) is 71.3 Å². The molecule has 2 saturated heterocycles. The number of hydrogen-bond donors (Lipinski definition) is 1. The molecule has 0 bridgehead atoms. The molecule has 2 fully saturated rings. The van der Waals surface area contributed by atoms with Gasteiger partial charge in [0.05, 0.1) is 0 Å². The minimum absolute atomic E-state index is 0.0442. The largest absolute Gasteiger partial charge is 0.351 e. The quantitative estimate of drug-likeness (QED) is 0.712. The Hall–Kier alpha value is -2.70. The molecule has 0 aromatic heterocycles. The number of nitrogens with one attached hydrogen (secondary N) is 1. The molecule has 0 atom stereocenters. The molecule has 2 amide bonds. The molecule has 2 aliphatic heterocycles. The number of amides is 2. The van der Waals surface area contributed by atoms with Gasteiger partial charge in [-0.3, -0.25) is 19.4 Å². The Kier molecular flexibility index (Phi) is 7.33. The Labute approximate surface area is 184 Å². The van der Waals surface area contributed by atoms with Crippen LogP contribution in [-0.2, 0) is 17.9 Å². The molecule has 1 N–H and O–H groups in total. The molecule has 0 unspecified atom stereocenters. The molecule has 4 rings (SSSR count). The van der Waals surface area contributed by atoms with Gasteiger partial charge >= 0.3 is 0 Å². The van der Waals surface area contributed by atoms with Crippen LogP contribution in [0, 0.1) is 0 Å². The lowest BCUT2D eigenvalue weighted by Crippen LogP contribution is -2.48. The smallest absolute Gasteiger partial charge is 0.251 e. The summed E-state index contributed by atoms with van der Waals surface area (Å²) in [7, 11) is 0. The van der Waals surface area contributed by atoms with E-state index in [0.29, 0.717) is 25.1 Å². The summed E-state index contributed by atoms with van der Waals surface area (Å²) in [6.45, 7) is 8.09. The molecule has 0 radical (unpaired) electrons. The normalized spacial score (nSPS) is 17.8. The maximum absolute atomic E-state index is 12.6. The van der Waals surface area contributed by atoms with Gasteiger partial charge in [0.15, 0.2) is 0 Å². The molecule has 0 aliphatic carbocycles. The van der Waals surface area contributed by atoms with Crippen LogP contribution in [0.4, 0.5) is 0 Å². The number of likely N-dealkylation sites (tertiary alicyclic amines) is 1. The number of hydrogen-bond acceptors (Lipinski definition) is 4. The predicted molar refractivity (Wildman–Crippen MR) is 122 cm³/mol. The number of carbonyl (C=O) groups excluding carboxylic acids is 2. The number of rotatable bonds is 8. The summed E-state index contributed by atoms with van der Waals surface area (Å²) in [5.41, 5.74) is 3.04. The van der Waals surface area contributed by atoms with Crippen molar-refractivity contribution >= 4 is 11.8 Å². The lowest BCUT2D eigenvalue weighted by atomic mass is 10.1. The summed E-state index contributed by atoms with van der Waals surface area (Å²) in [5, 5.41) is 3.05. The topological polar surface area (TPSA) is 55.9 Å². The zero-order valence-electron chi connectivity index (χ0n) is 18.1. The minimum Gasteiger partial charge on any atom is -0.351 e. The molecule has 6 heteroatoms. The van der Waals surface area contributed by atoms with Gasteiger partial charge in [0, 0.05) is 70.9 Å². The van der Waals surface area contributed by atoms with Crippen molar-refractivity contribution in [2.75, 3.05) is 45.8 Å². The summed E-state index contributed by atoms with van der Waals surface area (Å²) in [6.07, 6.45) is 1.57. The van der Waals surface area contributed by atoms with Crippen molar-refractivity contribution < 1.29 is 9.59 Å². The highest BCUT2D eigenvalue weighted by atomic mass is 16.2. The van der Waals surface area contributed by atoms with E-state index < -0.39 is 0 Å². The maximum atomic E-state index is 12.6. The average molecular weight is 421 g/mol. The Morgan fingerprint density at radius 1 is 0.839 bits per heavy atom. The SMILES string of the molecule is O=C(NCCN1CCN(Cc2ccccc2)CC1)c1cccc(CN2CCCC2=O)c1. The van der Waals surface area contributed by atoms with Gasteiger partial charge in [-0.2, -0.15) is 0 Å². The maximum Gasteiger partial charge on any atom is 0.251 e. The second-order valence-corrected chi connectivity index (χ2v) is 8.48. The van der Waals surface area contributed by atoms with Crippen LogP contribution >= 0.6 is 0 Å². The highest BCUT2D eigenvalue weighted by Crippen LogP contribution is 2.15. The van der Waals surface area contributed by atoms with Crippen LogP contribution in [0.5, 0.6) is 0 Å². The number of nitrogens with zero attached hydrogens (tertiary/aromatic N) is 3. The van der Waals surface area contributed by atoms with Gasteiger partial charge in [0.2, 0.25) is 5.91 Å². The molecule has 164 valence electrons.